The van der Waals surface area contributed by atoms with Crippen LogP contribution in [-0.2, 0) is 9.47 Å². The summed E-state index contributed by atoms with van der Waals surface area (Å²) in [6, 6.07) is 7.24. The van der Waals surface area contributed by atoms with Crippen molar-refractivity contribution in [2.45, 2.75) is 37.8 Å². The van der Waals surface area contributed by atoms with E-state index in [1.165, 1.54) is 0 Å². The lowest BCUT2D eigenvalue weighted by molar-refractivity contribution is 0.0495. The minimum atomic E-state index is -0.666. The fraction of sp³-hybridized carbons (Fsp3) is 0.607. The molecule has 1 atom stereocenters. The zero-order valence-electron chi connectivity index (χ0n) is 23.1. The van der Waals surface area contributed by atoms with Crippen LogP contribution in [0.4, 0.5) is 5.82 Å². The molecule has 2 N–H and O–H groups in total. The molecule has 4 rings (SSSR count). The molecule has 1 aromatic carbocycles. The number of hydrogen-bond donors (Lipinski definition) is 2. The predicted molar refractivity (Wildman–Crippen MR) is 151 cm³/mol. The van der Waals surface area contributed by atoms with Crippen molar-refractivity contribution in [3.63, 3.8) is 0 Å². The summed E-state index contributed by atoms with van der Waals surface area (Å²) >= 11 is 6.44. The van der Waals surface area contributed by atoms with E-state index in [4.69, 9.17) is 35.8 Å². The van der Waals surface area contributed by atoms with Gasteiger partial charge in [0.15, 0.2) is 5.82 Å². The molecule has 0 bridgehead atoms. The van der Waals surface area contributed by atoms with Gasteiger partial charge in [-0.25, -0.2) is 9.97 Å². The molecule has 11 heteroatoms. The van der Waals surface area contributed by atoms with Gasteiger partial charge in [0.05, 0.1) is 0 Å². The van der Waals surface area contributed by atoms with Gasteiger partial charge in [-0.3, -0.25) is 4.79 Å². The van der Waals surface area contributed by atoms with Crippen LogP contribution in [0.1, 0.15) is 36.2 Å². The van der Waals surface area contributed by atoms with Crippen molar-refractivity contribution in [1.82, 2.24) is 20.2 Å². The smallest absolute Gasteiger partial charge is 0.272 e. The standard InChI is InChI=1S/C28H40ClN5O5/c1-30-16-23(35)18-39-24-13-20(12-21(29)14-24)27-31-25(28(36)33(2)17-19-4-8-37-9-5-19)15-26(32-27)34(3)22-6-10-38-11-7-22/h12-15,19,22-23,30,35H,4-11,16-18H2,1-3H3. The minimum Gasteiger partial charge on any atom is -0.491 e. The highest BCUT2D eigenvalue weighted by Crippen LogP contribution is 2.30. The van der Waals surface area contributed by atoms with Crippen LogP contribution in [0.25, 0.3) is 11.4 Å². The average Bonchev–Trinajstić information content (AvgIpc) is 2.96. The van der Waals surface area contributed by atoms with Gasteiger partial charge in [0, 0.05) is 76.3 Å². The fourth-order valence-electron chi connectivity index (χ4n) is 4.97. The third-order valence-corrected chi connectivity index (χ3v) is 7.48. The molecule has 0 spiro atoms. The maximum absolute atomic E-state index is 13.6. The number of ether oxygens (including phenoxy) is 3. The molecule has 214 valence electrons. The Balaban J connectivity index is 1.64. The van der Waals surface area contributed by atoms with Gasteiger partial charge in [-0.05, 0) is 56.8 Å². The van der Waals surface area contributed by atoms with Gasteiger partial charge in [-0.15, -0.1) is 0 Å². The van der Waals surface area contributed by atoms with Crippen LogP contribution in [0.5, 0.6) is 5.75 Å². The second-order valence-electron chi connectivity index (χ2n) is 10.3. The minimum absolute atomic E-state index is 0.106. The van der Waals surface area contributed by atoms with E-state index in [9.17, 15) is 9.90 Å². The predicted octanol–water partition coefficient (Wildman–Crippen LogP) is 2.87. The number of likely N-dealkylation sites (N-methyl/N-ethyl adjacent to an activating group) is 1. The Hall–Kier alpha value is -2.50. The van der Waals surface area contributed by atoms with Crippen molar-refractivity contribution < 1.29 is 24.1 Å². The van der Waals surface area contributed by atoms with E-state index in [0.29, 0.717) is 65.9 Å². The monoisotopic (exact) mass is 561 g/mol. The van der Waals surface area contributed by atoms with E-state index in [2.05, 4.69) is 10.2 Å². The molecule has 2 aliphatic heterocycles. The van der Waals surface area contributed by atoms with Gasteiger partial charge in [0.25, 0.3) is 5.91 Å². The number of benzene rings is 1. The molecule has 0 saturated carbocycles. The van der Waals surface area contributed by atoms with Crippen molar-refractivity contribution in [3.05, 3.63) is 35.0 Å². The molecule has 1 unspecified atom stereocenters. The van der Waals surface area contributed by atoms with Gasteiger partial charge >= 0.3 is 0 Å². The van der Waals surface area contributed by atoms with E-state index < -0.39 is 6.10 Å². The molecule has 39 heavy (non-hydrogen) atoms. The fourth-order valence-corrected chi connectivity index (χ4v) is 5.20. The number of aromatic nitrogens is 2. The highest BCUT2D eigenvalue weighted by molar-refractivity contribution is 6.31. The van der Waals surface area contributed by atoms with E-state index in [-0.39, 0.29) is 18.6 Å². The second-order valence-corrected chi connectivity index (χ2v) is 10.8. The zero-order chi connectivity index (χ0) is 27.8. The molecule has 0 radical (unpaired) electrons. The first-order valence-corrected chi connectivity index (χ1v) is 14.0. The zero-order valence-corrected chi connectivity index (χ0v) is 23.8. The molecule has 3 heterocycles. The Morgan fingerprint density at radius 1 is 1.10 bits per heavy atom. The van der Waals surface area contributed by atoms with E-state index in [0.717, 1.165) is 38.9 Å². The van der Waals surface area contributed by atoms with Crippen LogP contribution in [0.2, 0.25) is 5.02 Å². The first-order chi connectivity index (χ1) is 18.8. The first-order valence-electron chi connectivity index (χ1n) is 13.6. The summed E-state index contributed by atoms with van der Waals surface area (Å²) in [5.41, 5.74) is 0.958. The third-order valence-electron chi connectivity index (χ3n) is 7.26. The summed E-state index contributed by atoms with van der Waals surface area (Å²) in [5.74, 6) is 1.80. The first kappa shape index (κ1) is 29.5. The molecule has 0 aliphatic carbocycles. The van der Waals surface area contributed by atoms with Gasteiger partial charge in [0.2, 0.25) is 0 Å². The largest absolute Gasteiger partial charge is 0.491 e. The maximum Gasteiger partial charge on any atom is 0.272 e. The number of anilines is 1. The van der Waals surface area contributed by atoms with Crippen LogP contribution in [-0.4, -0.2) is 105 Å². The van der Waals surface area contributed by atoms with Gasteiger partial charge in [0.1, 0.15) is 30.0 Å². The topological polar surface area (TPSA) is 109 Å². The van der Waals surface area contributed by atoms with Crippen molar-refractivity contribution in [1.29, 1.82) is 0 Å². The van der Waals surface area contributed by atoms with Crippen LogP contribution >= 0.6 is 11.6 Å². The lowest BCUT2D eigenvalue weighted by Gasteiger charge is -2.32. The Kier molecular flexibility index (Phi) is 10.8. The molecular weight excluding hydrogens is 522 g/mol. The molecule has 1 amide bonds. The van der Waals surface area contributed by atoms with E-state index >= 15 is 0 Å². The molecule has 2 saturated heterocycles. The molecule has 1 aromatic heterocycles. The number of carbonyl (C=O) groups is 1. The molecule has 2 aromatic rings. The third kappa shape index (κ3) is 8.25. The maximum atomic E-state index is 13.6. The lowest BCUT2D eigenvalue weighted by atomic mass is 10.00. The van der Waals surface area contributed by atoms with E-state index in [1.54, 1.807) is 36.2 Å². The second kappa shape index (κ2) is 14.2. The van der Waals surface area contributed by atoms with Gasteiger partial charge in [-0.2, -0.15) is 0 Å². The Morgan fingerprint density at radius 2 is 1.79 bits per heavy atom. The molecule has 2 fully saturated rings. The molecular formula is C28H40ClN5O5. The van der Waals surface area contributed by atoms with E-state index in [1.807, 2.05) is 14.1 Å². The van der Waals surface area contributed by atoms with Crippen LogP contribution < -0.4 is 15.0 Å². The number of nitrogens with one attached hydrogen (secondary N) is 1. The number of aliphatic hydroxyl groups excluding tert-OH is 1. The summed E-state index contributed by atoms with van der Waals surface area (Å²) in [7, 11) is 5.59. The Labute approximate surface area is 235 Å². The van der Waals surface area contributed by atoms with Crippen molar-refractivity contribution in [2.75, 3.05) is 72.2 Å². The quantitative estimate of drug-likeness (QED) is 0.428. The average molecular weight is 562 g/mol. The van der Waals surface area contributed by atoms with Crippen LogP contribution in [0.3, 0.4) is 0 Å². The van der Waals surface area contributed by atoms with Crippen molar-refractivity contribution >= 4 is 23.3 Å². The normalized spacial score (nSPS) is 17.6. The van der Waals surface area contributed by atoms with Crippen molar-refractivity contribution in [2.24, 2.45) is 5.92 Å². The number of aliphatic hydroxyl groups is 1. The summed E-state index contributed by atoms with van der Waals surface area (Å²) in [6.45, 7) is 4.02. The van der Waals surface area contributed by atoms with Gasteiger partial charge < -0.3 is 34.4 Å². The summed E-state index contributed by atoms with van der Waals surface area (Å²) in [6.07, 6.45) is 2.98. The SMILES string of the molecule is CNCC(O)COc1cc(Cl)cc(-c2nc(C(=O)N(C)CC3CCOCC3)cc(N(C)C3CCOCC3)n2)c1. The number of rotatable bonds is 11. The van der Waals surface area contributed by atoms with Crippen LogP contribution in [0.15, 0.2) is 24.3 Å². The Bertz CT molecular complexity index is 1090. The highest BCUT2D eigenvalue weighted by Gasteiger charge is 2.25. The Morgan fingerprint density at radius 3 is 2.49 bits per heavy atom. The van der Waals surface area contributed by atoms with Crippen LogP contribution in [0, 0.1) is 5.92 Å². The molecule has 2 aliphatic rings. The van der Waals surface area contributed by atoms with Gasteiger partial charge in [-0.1, -0.05) is 11.6 Å². The lowest BCUT2D eigenvalue weighted by Crippen LogP contribution is -2.38. The number of amides is 1. The van der Waals surface area contributed by atoms with Crippen molar-refractivity contribution in [3.8, 4) is 17.1 Å². The summed E-state index contributed by atoms with van der Waals surface area (Å²) in [4.78, 5) is 27.0. The molecule has 10 nitrogen and oxygen atoms in total. The summed E-state index contributed by atoms with van der Waals surface area (Å²) in [5, 5.41) is 13.4. The number of hydrogen-bond acceptors (Lipinski definition) is 9. The number of carbonyl (C=O) groups excluding carboxylic acids is 1. The number of nitrogens with zero attached hydrogens (tertiary/aromatic N) is 4. The number of halogens is 1. The highest BCUT2D eigenvalue weighted by atomic mass is 35.5. The summed E-state index contributed by atoms with van der Waals surface area (Å²) < 4.78 is 16.8.